The number of aromatic hydroxyl groups is 2. The van der Waals surface area contributed by atoms with Crippen molar-refractivity contribution < 1.29 is 50.7 Å². The van der Waals surface area contributed by atoms with Gasteiger partial charge in [0, 0.05) is 36.2 Å². The van der Waals surface area contributed by atoms with Crippen molar-refractivity contribution in [3.05, 3.63) is 23.3 Å². The van der Waals surface area contributed by atoms with Gasteiger partial charge in [-0.1, -0.05) is 42.6 Å². The minimum Gasteiger partial charge on any atom is -0.492 e. The van der Waals surface area contributed by atoms with Crippen molar-refractivity contribution >= 4 is 16.1 Å². The van der Waals surface area contributed by atoms with Crippen LogP contribution in [-0.2, 0) is 29.1 Å². The molecule has 0 amide bonds. The second-order valence-electron chi connectivity index (χ2n) is 9.57. The number of halogens is 2. The van der Waals surface area contributed by atoms with Crippen molar-refractivity contribution in [2.45, 2.75) is 87.6 Å². The zero-order valence-electron chi connectivity index (χ0n) is 20.4. The number of esters is 1. The molecule has 0 aromatic carbocycles. The van der Waals surface area contributed by atoms with Crippen molar-refractivity contribution in [1.82, 2.24) is 4.73 Å². The van der Waals surface area contributed by atoms with Crippen molar-refractivity contribution in [2.24, 2.45) is 0 Å². The SMILES string of the molecule is O=C(OCCCCCCCCOC1CCCCO1)C(F)(F)S(=O)(=O)On1c(O)c2c(c1O)C1C=CC2C1. The Morgan fingerprint density at radius 3 is 2.19 bits per heavy atom. The summed E-state index contributed by atoms with van der Waals surface area (Å²) in [5.41, 5.74) is 0.439. The molecule has 3 atom stereocenters. The second-order valence-corrected chi connectivity index (χ2v) is 11.1. The van der Waals surface area contributed by atoms with E-state index in [0.717, 1.165) is 51.6 Å². The first kappa shape index (κ1) is 27.6. The number of nitrogens with zero attached hydrogens (tertiary/aromatic N) is 1. The Labute approximate surface area is 214 Å². The summed E-state index contributed by atoms with van der Waals surface area (Å²) in [6.07, 6.45) is 11.5. The van der Waals surface area contributed by atoms with E-state index in [9.17, 15) is 32.2 Å². The Balaban J connectivity index is 1.15. The third-order valence-electron chi connectivity index (χ3n) is 6.92. The smallest absolute Gasteiger partial charge is 0.478 e. The molecule has 3 aliphatic rings. The van der Waals surface area contributed by atoms with Gasteiger partial charge in [0.25, 0.3) is 0 Å². The van der Waals surface area contributed by atoms with Crippen LogP contribution < -0.4 is 4.28 Å². The molecule has 0 saturated carbocycles. The van der Waals surface area contributed by atoms with E-state index in [1.165, 1.54) is 0 Å². The molecule has 2 bridgehead atoms. The molecule has 1 aliphatic heterocycles. The van der Waals surface area contributed by atoms with E-state index >= 15 is 0 Å². The summed E-state index contributed by atoms with van der Waals surface area (Å²) < 4.78 is 73.1. The monoisotopic (exact) mass is 549 g/mol. The van der Waals surface area contributed by atoms with Crippen LogP contribution in [0.3, 0.4) is 0 Å². The number of hydrogen-bond donors (Lipinski definition) is 2. The van der Waals surface area contributed by atoms with Crippen molar-refractivity contribution in [3.8, 4) is 11.8 Å². The van der Waals surface area contributed by atoms with E-state index in [1.807, 2.05) is 0 Å². The van der Waals surface area contributed by atoms with Gasteiger partial charge in [0.2, 0.25) is 11.8 Å². The van der Waals surface area contributed by atoms with Crippen molar-refractivity contribution in [1.29, 1.82) is 0 Å². The standard InChI is InChI=1S/C24H33F2NO9S/c25-24(26,23(30)35-14-7-4-2-1-3-6-12-33-18-9-5-8-13-34-18)37(31,32)36-27-21(28)19-16-10-11-17(15-16)20(19)22(27)29/h10-11,16-18,28-29H,1-9,12-15H2. The van der Waals surface area contributed by atoms with Gasteiger partial charge < -0.3 is 24.4 Å². The first-order valence-corrected chi connectivity index (χ1v) is 14.1. The molecule has 1 aromatic heterocycles. The second kappa shape index (κ2) is 11.6. The maximum Gasteiger partial charge on any atom is 0.478 e. The molecule has 37 heavy (non-hydrogen) atoms. The summed E-state index contributed by atoms with van der Waals surface area (Å²) in [6.45, 7) is 0.976. The van der Waals surface area contributed by atoms with E-state index in [-0.39, 0.29) is 47.0 Å². The highest BCUT2D eigenvalue weighted by atomic mass is 32.2. The first-order chi connectivity index (χ1) is 17.6. The number of unbranched alkanes of at least 4 members (excludes halogenated alkanes) is 5. The van der Waals surface area contributed by atoms with Crippen molar-refractivity contribution in [3.63, 3.8) is 0 Å². The fraction of sp³-hybridized carbons (Fsp3) is 0.708. The molecule has 1 saturated heterocycles. The lowest BCUT2D eigenvalue weighted by molar-refractivity contribution is -0.163. The number of ether oxygens (including phenoxy) is 3. The Kier molecular flexibility index (Phi) is 8.64. The van der Waals surface area contributed by atoms with Crippen LogP contribution in [0.15, 0.2) is 12.2 Å². The first-order valence-electron chi connectivity index (χ1n) is 12.7. The summed E-state index contributed by atoms with van der Waals surface area (Å²) in [4.78, 5) is 11.9. The highest BCUT2D eigenvalue weighted by Gasteiger charge is 2.58. The number of rotatable bonds is 14. The van der Waals surface area contributed by atoms with Crippen LogP contribution in [0.5, 0.6) is 11.8 Å². The van der Waals surface area contributed by atoms with Gasteiger partial charge in [-0.05, 0) is 38.5 Å². The number of carbonyl (C=O) groups excluding carboxylic acids is 1. The lowest BCUT2D eigenvalue weighted by atomic mass is 10.0. The lowest BCUT2D eigenvalue weighted by Crippen LogP contribution is -2.44. The van der Waals surface area contributed by atoms with E-state index < -0.39 is 33.1 Å². The normalized spacial score (nSPS) is 22.8. The van der Waals surface area contributed by atoms with Crippen LogP contribution in [0.2, 0.25) is 0 Å². The van der Waals surface area contributed by atoms with Gasteiger partial charge in [-0.2, -0.15) is 17.2 Å². The summed E-state index contributed by atoms with van der Waals surface area (Å²) in [5, 5.41) is 15.5. The van der Waals surface area contributed by atoms with Gasteiger partial charge in [0.05, 0.1) is 6.61 Å². The maximum absolute atomic E-state index is 14.4. The maximum atomic E-state index is 14.4. The molecule has 1 aromatic rings. The van der Waals surface area contributed by atoms with E-state index in [1.54, 1.807) is 12.2 Å². The molecular formula is C24H33F2NO9S. The molecule has 4 rings (SSSR count). The number of fused-ring (bicyclic) bond motifs is 5. The molecule has 1 fully saturated rings. The van der Waals surface area contributed by atoms with Gasteiger partial charge in [-0.25, -0.2) is 4.79 Å². The van der Waals surface area contributed by atoms with Gasteiger partial charge in [0.15, 0.2) is 6.29 Å². The van der Waals surface area contributed by atoms with E-state index in [2.05, 4.69) is 9.02 Å². The van der Waals surface area contributed by atoms with Crippen molar-refractivity contribution in [2.75, 3.05) is 19.8 Å². The number of carbonyl (C=O) groups is 1. The zero-order chi connectivity index (χ0) is 26.6. The molecular weight excluding hydrogens is 516 g/mol. The Morgan fingerprint density at radius 2 is 1.59 bits per heavy atom. The average molecular weight is 550 g/mol. The molecule has 13 heteroatoms. The molecule has 10 nitrogen and oxygen atoms in total. The fourth-order valence-corrected chi connectivity index (χ4v) is 5.65. The number of allylic oxidation sites excluding steroid dienone is 2. The van der Waals surface area contributed by atoms with Gasteiger partial charge in [-0.15, -0.1) is 0 Å². The van der Waals surface area contributed by atoms with E-state index in [0.29, 0.717) is 19.4 Å². The molecule has 0 spiro atoms. The molecule has 2 N–H and O–H groups in total. The summed E-state index contributed by atoms with van der Waals surface area (Å²) in [7, 11) is -5.93. The number of alkyl halides is 2. The number of hydrogen-bond acceptors (Lipinski definition) is 9. The van der Waals surface area contributed by atoms with Gasteiger partial charge in [0.1, 0.15) is 0 Å². The van der Waals surface area contributed by atoms with Crippen LogP contribution in [0, 0.1) is 0 Å². The fourth-order valence-electron chi connectivity index (χ4n) is 4.95. The molecule has 2 aliphatic carbocycles. The summed E-state index contributed by atoms with van der Waals surface area (Å²) in [5.74, 6) is -4.45. The quantitative estimate of drug-likeness (QED) is 0.202. The van der Waals surface area contributed by atoms with Crippen LogP contribution in [0.1, 0.15) is 87.2 Å². The van der Waals surface area contributed by atoms with Gasteiger partial charge >= 0.3 is 21.3 Å². The minimum atomic E-state index is -5.93. The topological polar surface area (TPSA) is 134 Å². The average Bonchev–Trinajstić information content (AvgIpc) is 3.56. The third kappa shape index (κ3) is 5.88. The third-order valence-corrected chi connectivity index (χ3v) is 8.06. The Bertz CT molecular complexity index is 1060. The lowest BCUT2D eigenvalue weighted by Gasteiger charge is -2.22. The molecule has 3 unspecified atom stereocenters. The zero-order valence-corrected chi connectivity index (χ0v) is 21.3. The highest BCUT2D eigenvalue weighted by molar-refractivity contribution is 7.88. The van der Waals surface area contributed by atoms with Crippen LogP contribution >= 0.6 is 0 Å². The molecule has 0 radical (unpaired) electrons. The highest BCUT2D eigenvalue weighted by Crippen LogP contribution is 2.56. The summed E-state index contributed by atoms with van der Waals surface area (Å²) >= 11 is 0. The summed E-state index contributed by atoms with van der Waals surface area (Å²) in [6, 6.07) is 0. The van der Waals surface area contributed by atoms with Crippen LogP contribution in [0.4, 0.5) is 8.78 Å². The Hall–Kier alpha value is -2.38. The molecule has 208 valence electrons. The van der Waals surface area contributed by atoms with E-state index in [4.69, 9.17) is 9.47 Å². The predicted octanol–water partition coefficient (Wildman–Crippen LogP) is 3.82. The minimum absolute atomic E-state index is 0.0145. The van der Waals surface area contributed by atoms with Crippen LogP contribution in [0.25, 0.3) is 0 Å². The number of aromatic nitrogens is 1. The van der Waals surface area contributed by atoms with Crippen LogP contribution in [-0.4, -0.2) is 60.7 Å². The van der Waals surface area contributed by atoms with Gasteiger partial charge in [-0.3, -0.25) is 4.28 Å². The largest absolute Gasteiger partial charge is 0.492 e. The Morgan fingerprint density at radius 1 is 1.00 bits per heavy atom. The predicted molar refractivity (Wildman–Crippen MR) is 126 cm³/mol. The molecule has 2 heterocycles.